The van der Waals surface area contributed by atoms with Crippen molar-refractivity contribution < 1.29 is 4.79 Å². The van der Waals surface area contributed by atoms with Gasteiger partial charge in [0.15, 0.2) is 17.5 Å². The van der Waals surface area contributed by atoms with E-state index in [4.69, 9.17) is 0 Å². The highest BCUT2D eigenvalue weighted by Gasteiger charge is 2.19. The van der Waals surface area contributed by atoms with E-state index < -0.39 is 0 Å². The second kappa shape index (κ2) is 3.99. The molecule has 0 aromatic carbocycles. The molecule has 0 aliphatic carbocycles. The number of rotatable bonds is 2. The lowest BCUT2D eigenvalue weighted by Crippen LogP contribution is -2.28. The largest absolute Gasteiger partial charge is 0.359 e. The lowest BCUT2D eigenvalue weighted by atomic mass is 10.3. The van der Waals surface area contributed by atoms with E-state index in [9.17, 15) is 4.79 Å². The maximum Gasteiger partial charge on any atom is 0.243 e. The predicted molar refractivity (Wildman–Crippen MR) is 65.6 cm³/mol. The molecule has 3 heterocycles. The number of carbonyl (C=O) groups excluding carboxylic acids is 1. The zero-order valence-electron chi connectivity index (χ0n) is 9.64. The molecule has 1 aliphatic heterocycles. The third-order valence-corrected chi connectivity index (χ3v) is 2.49. The summed E-state index contributed by atoms with van der Waals surface area (Å²) >= 11 is 0. The third kappa shape index (κ3) is 1.83. The van der Waals surface area contributed by atoms with Crippen molar-refractivity contribution in [3.63, 3.8) is 0 Å². The molecule has 8 nitrogen and oxygen atoms in total. The molecule has 1 amide bonds. The van der Waals surface area contributed by atoms with Gasteiger partial charge in [-0.1, -0.05) is 0 Å². The smallest absolute Gasteiger partial charge is 0.243 e. The lowest BCUT2D eigenvalue weighted by Gasteiger charge is -2.19. The normalized spacial score (nSPS) is 13.5. The Balaban J connectivity index is 1.95. The highest BCUT2D eigenvalue weighted by molar-refractivity contribution is 6.03. The van der Waals surface area contributed by atoms with Crippen LogP contribution in [-0.2, 0) is 11.8 Å². The minimum Gasteiger partial charge on any atom is -0.359 e. The molecular formula is C10H11N7O. The monoisotopic (exact) mass is 245 g/mol. The summed E-state index contributed by atoms with van der Waals surface area (Å²) in [5.41, 5.74) is 0.541. The van der Waals surface area contributed by atoms with Gasteiger partial charge in [-0.2, -0.15) is 5.10 Å². The quantitative estimate of drug-likeness (QED) is 0.705. The fraction of sp³-hybridized carbons (Fsp3) is 0.200. The standard InChI is InChI=1S/C10H11N7O/c1-17-3-2-6(16-17)14-10-8-9(12-5-13-10)11-4-7(18)15-8/h2-3,5H,4H2,1H3,(H,15,18)(H2,11,12,13,14,16). The van der Waals surface area contributed by atoms with E-state index in [1.807, 2.05) is 19.3 Å². The maximum atomic E-state index is 11.4. The molecule has 0 fully saturated rings. The molecule has 0 saturated heterocycles. The Morgan fingerprint density at radius 3 is 3.11 bits per heavy atom. The Kier molecular flexibility index (Phi) is 2.33. The lowest BCUT2D eigenvalue weighted by molar-refractivity contribution is -0.114. The van der Waals surface area contributed by atoms with Crippen LogP contribution in [0.5, 0.6) is 0 Å². The molecule has 0 bridgehead atoms. The van der Waals surface area contributed by atoms with E-state index in [1.165, 1.54) is 6.33 Å². The second-order valence-corrected chi connectivity index (χ2v) is 3.85. The summed E-state index contributed by atoms with van der Waals surface area (Å²) in [5.74, 6) is 1.64. The topological polar surface area (TPSA) is 96.8 Å². The highest BCUT2D eigenvalue weighted by Crippen LogP contribution is 2.30. The van der Waals surface area contributed by atoms with Crippen LogP contribution in [0.15, 0.2) is 18.6 Å². The van der Waals surface area contributed by atoms with Crippen molar-refractivity contribution in [1.29, 1.82) is 0 Å². The average Bonchev–Trinajstić information content (AvgIpc) is 2.76. The van der Waals surface area contributed by atoms with Crippen molar-refractivity contribution in [1.82, 2.24) is 19.7 Å². The average molecular weight is 245 g/mol. The highest BCUT2D eigenvalue weighted by atomic mass is 16.2. The van der Waals surface area contributed by atoms with Gasteiger partial charge >= 0.3 is 0 Å². The van der Waals surface area contributed by atoms with Crippen LogP contribution in [0.4, 0.5) is 23.1 Å². The molecule has 18 heavy (non-hydrogen) atoms. The molecule has 1 aliphatic rings. The van der Waals surface area contributed by atoms with Crippen LogP contribution in [0.1, 0.15) is 0 Å². The first-order chi connectivity index (χ1) is 8.72. The minimum absolute atomic E-state index is 0.124. The molecule has 0 radical (unpaired) electrons. The van der Waals surface area contributed by atoms with E-state index in [1.54, 1.807) is 4.68 Å². The summed E-state index contributed by atoms with van der Waals surface area (Å²) < 4.78 is 1.67. The van der Waals surface area contributed by atoms with Crippen LogP contribution in [0.25, 0.3) is 0 Å². The predicted octanol–water partition coefficient (Wildman–Crippen LogP) is 0.318. The first-order valence-corrected chi connectivity index (χ1v) is 5.38. The first kappa shape index (κ1) is 10.5. The second-order valence-electron chi connectivity index (χ2n) is 3.85. The number of aryl methyl sites for hydroxylation is 1. The molecule has 3 rings (SSSR count). The Hall–Kier alpha value is -2.64. The van der Waals surface area contributed by atoms with Gasteiger partial charge in [0.05, 0.1) is 6.54 Å². The van der Waals surface area contributed by atoms with Crippen molar-refractivity contribution in [2.45, 2.75) is 0 Å². The van der Waals surface area contributed by atoms with E-state index in [0.29, 0.717) is 23.1 Å². The van der Waals surface area contributed by atoms with Gasteiger partial charge in [-0.3, -0.25) is 9.48 Å². The molecule has 0 spiro atoms. The summed E-state index contributed by atoms with van der Waals surface area (Å²) in [5, 5.41) is 12.9. The van der Waals surface area contributed by atoms with Crippen LogP contribution in [0.2, 0.25) is 0 Å². The third-order valence-electron chi connectivity index (χ3n) is 2.49. The fourth-order valence-electron chi connectivity index (χ4n) is 1.68. The zero-order valence-corrected chi connectivity index (χ0v) is 9.64. The number of fused-ring (bicyclic) bond motifs is 1. The van der Waals surface area contributed by atoms with E-state index >= 15 is 0 Å². The molecule has 2 aromatic rings. The van der Waals surface area contributed by atoms with Crippen molar-refractivity contribution >= 4 is 29.0 Å². The molecule has 0 saturated carbocycles. The Labute approximate surface area is 102 Å². The SMILES string of the molecule is Cn1ccc(Nc2ncnc3c2NC(=O)CN3)n1. The van der Waals surface area contributed by atoms with Crippen LogP contribution < -0.4 is 16.0 Å². The summed E-state index contributed by atoms with van der Waals surface area (Å²) in [7, 11) is 1.82. The molecule has 0 unspecified atom stereocenters. The van der Waals surface area contributed by atoms with Gasteiger partial charge in [-0.05, 0) is 0 Å². The zero-order chi connectivity index (χ0) is 12.5. The van der Waals surface area contributed by atoms with Crippen LogP contribution in [0, 0.1) is 0 Å². The number of hydrogen-bond acceptors (Lipinski definition) is 6. The van der Waals surface area contributed by atoms with Crippen molar-refractivity contribution in [3.05, 3.63) is 18.6 Å². The number of nitrogens with zero attached hydrogens (tertiary/aromatic N) is 4. The number of amides is 1. The van der Waals surface area contributed by atoms with E-state index in [-0.39, 0.29) is 12.5 Å². The van der Waals surface area contributed by atoms with Crippen molar-refractivity contribution in [3.8, 4) is 0 Å². The van der Waals surface area contributed by atoms with Gasteiger partial charge in [0.1, 0.15) is 12.0 Å². The van der Waals surface area contributed by atoms with E-state index in [0.717, 1.165) is 0 Å². The number of hydrogen-bond donors (Lipinski definition) is 3. The van der Waals surface area contributed by atoms with Crippen molar-refractivity contribution in [2.75, 3.05) is 22.5 Å². The number of anilines is 4. The Bertz CT molecular complexity index is 606. The number of nitrogens with one attached hydrogen (secondary N) is 3. The summed E-state index contributed by atoms with van der Waals surface area (Å²) in [4.78, 5) is 19.5. The Morgan fingerprint density at radius 1 is 1.44 bits per heavy atom. The van der Waals surface area contributed by atoms with Gasteiger partial charge in [0.2, 0.25) is 5.91 Å². The maximum absolute atomic E-state index is 11.4. The van der Waals surface area contributed by atoms with E-state index in [2.05, 4.69) is 31.0 Å². The van der Waals surface area contributed by atoms with Crippen LogP contribution in [-0.4, -0.2) is 32.2 Å². The van der Waals surface area contributed by atoms with Gasteiger partial charge in [0.25, 0.3) is 0 Å². The molecule has 3 N–H and O–H groups in total. The van der Waals surface area contributed by atoms with Crippen LogP contribution >= 0.6 is 0 Å². The summed E-state index contributed by atoms with van der Waals surface area (Å²) in [6.07, 6.45) is 3.24. The van der Waals surface area contributed by atoms with Gasteiger partial charge in [-0.25, -0.2) is 9.97 Å². The fourth-order valence-corrected chi connectivity index (χ4v) is 1.68. The van der Waals surface area contributed by atoms with Crippen LogP contribution in [0.3, 0.4) is 0 Å². The molecule has 0 atom stereocenters. The molecule has 92 valence electrons. The van der Waals surface area contributed by atoms with Crippen molar-refractivity contribution in [2.24, 2.45) is 7.05 Å². The Morgan fingerprint density at radius 2 is 2.33 bits per heavy atom. The van der Waals surface area contributed by atoms with Gasteiger partial charge in [-0.15, -0.1) is 0 Å². The molecular weight excluding hydrogens is 234 g/mol. The summed E-state index contributed by atoms with van der Waals surface area (Å²) in [6, 6.07) is 1.81. The number of carbonyl (C=O) groups is 1. The van der Waals surface area contributed by atoms with Gasteiger partial charge in [0, 0.05) is 19.3 Å². The number of aromatic nitrogens is 4. The minimum atomic E-state index is -0.124. The summed E-state index contributed by atoms with van der Waals surface area (Å²) in [6.45, 7) is 0.215. The molecule has 2 aromatic heterocycles. The van der Waals surface area contributed by atoms with Gasteiger partial charge < -0.3 is 16.0 Å². The first-order valence-electron chi connectivity index (χ1n) is 5.38. The molecule has 8 heteroatoms.